The quantitative estimate of drug-likeness (QED) is 0.828. The highest BCUT2D eigenvalue weighted by molar-refractivity contribution is 5.88. The molecule has 0 unspecified atom stereocenters. The van der Waals surface area contributed by atoms with Crippen molar-refractivity contribution in [2.24, 2.45) is 0 Å². The Hall–Kier alpha value is -1.62. The van der Waals surface area contributed by atoms with E-state index in [-0.39, 0.29) is 17.0 Å². The number of anilines is 1. The molecule has 1 aromatic rings. The molecule has 5 nitrogen and oxygen atoms in total. The lowest BCUT2D eigenvalue weighted by Crippen LogP contribution is -2.36. The van der Waals surface area contributed by atoms with Gasteiger partial charge in [0.25, 0.3) is 0 Å². The summed E-state index contributed by atoms with van der Waals surface area (Å²) in [7, 11) is 1.63. The van der Waals surface area contributed by atoms with Gasteiger partial charge in [0.2, 0.25) is 0 Å². The Bertz CT molecular complexity index is 456. The summed E-state index contributed by atoms with van der Waals surface area (Å²) in [5.74, 6) is -0.215. The third-order valence-corrected chi connectivity index (χ3v) is 2.66. The number of nitrogens with one attached hydrogen (secondary N) is 1. The SMILES string of the molecule is COCC(C)(C)Nc1cc(C(=O)O)cc(C(C)C)n1. The monoisotopic (exact) mass is 266 g/mol. The highest BCUT2D eigenvalue weighted by Crippen LogP contribution is 2.20. The van der Waals surface area contributed by atoms with Crippen LogP contribution in [0.25, 0.3) is 0 Å². The molecule has 2 N–H and O–H groups in total. The van der Waals surface area contributed by atoms with Crippen LogP contribution in [-0.4, -0.2) is 35.3 Å². The zero-order valence-electron chi connectivity index (χ0n) is 12.2. The fourth-order valence-corrected chi connectivity index (χ4v) is 1.78. The number of aromatic carboxylic acids is 1. The lowest BCUT2D eigenvalue weighted by Gasteiger charge is -2.26. The second-order valence-corrected chi connectivity index (χ2v) is 5.57. The largest absolute Gasteiger partial charge is 0.478 e. The number of ether oxygens (including phenoxy) is 1. The van der Waals surface area contributed by atoms with E-state index in [0.29, 0.717) is 12.4 Å². The van der Waals surface area contributed by atoms with Crippen LogP contribution in [0.15, 0.2) is 12.1 Å². The summed E-state index contributed by atoms with van der Waals surface area (Å²) in [6.07, 6.45) is 0. The first-order valence-electron chi connectivity index (χ1n) is 6.27. The van der Waals surface area contributed by atoms with Crippen LogP contribution in [0.1, 0.15) is 49.7 Å². The topological polar surface area (TPSA) is 71.5 Å². The van der Waals surface area contributed by atoms with E-state index in [2.05, 4.69) is 10.3 Å². The predicted molar refractivity (Wildman–Crippen MR) is 74.9 cm³/mol. The van der Waals surface area contributed by atoms with Crippen molar-refractivity contribution in [2.45, 2.75) is 39.2 Å². The number of carbonyl (C=O) groups is 1. The van der Waals surface area contributed by atoms with E-state index in [0.717, 1.165) is 5.69 Å². The number of nitrogens with zero attached hydrogens (tertiary/aromatic N) is 1. The number of methoxy groups -OCH3 is 1. The van der Waals surface area contributed by atoms with Gasteiger partial charge in [-0.15, -0.1) is 0 Å². The first kappa shape index (κ1) is 15.4. The van der Waals surface area contributed by atoms with Gasteiger partial charge in [-0.25, -0.2) is 9.78 Å². The molecule has 106 valence electrons. The maximum atomic E-state index is 11.1. The van der Waals surface area contributed by atoms with Crippen LogP contribution < -0.4 is 5.32 Å². The van der Waals surface area contributed by atoms with Crippen LogP contribution in [0, 0.1) is 0 Å². The van der Waals surface area contributed by atoms with Gasteiger partial charge in [0.1, 0.15) is 5.82 Å². The number of hydrogen-bond acceptors (Lipinski definition) is 4. The second kappa shape index (κ2) is 6.02. The minimum atomic E-state index is -0.947. The van der Waals surface area contributed by atoms with E-state index >= 15 is 0 Å². The maximum Gasteiger partial charge on any atom is 0.335 e. The van der Waals surface area contributed by atoms with Crippen molar-refractivity contribution in [3.63, 3.8) is 0 Å². The third kappa shape index (κ3) is 4.52. The molecule has 0 amide bonds. The molecule has 19 heavy (non-hydrogen) atoms. The highest BCUT2D eigenvalue weighted by Gasteiger charge is 2.19. The van der Waals surface area contributed by atoms with Crippen LogP contribution in [0.5, 0.6) is 0 Å². The zero-order chi connectivity index (χ0) is 14.6. The van der Waals surface area contributed by atoms with Crippen molar-refractivity contribution in [1.29, 1.82) is 0 Å². The Balaban J connectivity index is 3.09. The number of aromatic nitrogens is 1. The van der Waals surface area contributed by atoms with E-state index in [4.69, 9.17) is 9.84 Å². The van der Waals surface area contributed by atoms with Gasteiger partial charge in [0.15, 0.2) is 0 Å². The Morgan fingerprint density at radius 1 is 1.47 bits per heavy atom. The minimum absolute atomic E-state index is 0.172. The zero-order valence-corrected chi connectivity index (χ0v) is 12.2. The summed E-state index contributed by atoms with van der Waals surface area (Å²) in [5.41, 5.74) is 0.692. The van der Waals surface area contributed by atoms with Crippen molar-refractivity contribution in [1.82, 2.24) is 4.98 Å². The predicted octanol–water partition coefficient (Wildman–Crippen LogP) is 2.74. The summed E-state index contributed by atoms with van der Waals surface area (Å²) in [6, 6.07) is 3.16. The summed E-state index contributed by atoms with van der Waals surface area (Å²) in [5, 5.41) is 12.3. The molecule has 0 aliphatic rings. The van der Waals surface area contributed by atoms with Crippen LogP contribution in [0.4, 0.5) is 5.82 Å². The molecule has 0 spiro atoms. The number of carboxylic acid groups (broad SMARTS) is 1. The molecule has 0 saturated carbocycles. The Morgan fingerprint density at radius 2 is 2.11 bits per heavy atom. The molecule has 0 fully saturated rings. The lowest BCUT2D eigenvalue weighted by molar-refractivity contribution is 0.0696. The number of pyridine rings is 1. The Kier molecular flexibility index (Phi) is 4.89. The Morgan fingerprint density at radius 3 is 2.58 bits per heavy atom. The van der Waals surface area contributed by atoms with E-state index in [1.165, 1.54) is 0 Å². The van der Waals surface area contributed by atoms with Gasteiger partial charge in [-0.2, -0.15) is 0 Å². The molecule has 5 heteroatoms. The molecule has 0 radical (unpaired) electrons. The molecular formula is C14H22N2O3. The number of carboxylic acids is 1. The lowest BCUT2D eigenvalue weighted by atomic mass is 10.1. The van der Waals surface area contributed by atoms with Crippen molar-refractivity contribution in [3.8, 4) is 0 Å². The van der Waals surface area contributed by atoms with Gasteiger partial charge >= 0.3 is 5.97 Å². The van der Waals surface area contributed by atoms with Crippen LogP contribution >= 0.6 is 0 Å². The van der Waals surface area contributed by atoms with Crippen LogP contribution in [0.2, 0.25) is 0 Å². The molecule has 1 aromatic heterocycles. The van der Waals surface area contributed by atoms with Gasteiger partial charge < -0.3 is 15.2 Å². The highest BCUT2D eigenvalue weighted by atomic mass is 16.5. The van der Waals surface area contributed by atoms with E-state index < -0.39 is 5.97 Å². The van der Waals surface area contributed by atoms with Crippen molar-refractivity contribution in [3.05, 3.63) is 23.4 Å². The van der Waals surface area contributed by atoms with E-state index in [9.17, 15) is 4.79 Å². The fraction of sp³-hybridized carbons (Fsp3) is 0.571. The summed E-state index contributed by atoms with van der Waals surface area (Å²) in [6.45, 7) is 8.42. The average molecular weight is 266 g/mol. The first-order chi connectivity index (χ1) is 8.75. The van der Waals surface area contributed by atoms with Crippen molar-refractivity contribution >= 4 is 11.8 Å². The minimum Gasteiger partial charge on any atom is -0.478 e. The summed E-state index contributed by atoms with van der Waals surface area (Å²) >= 11 is 0. The first-order valence-corrected chi connectivity index (χ1v) is 6.27. The van der Waals surface area contributed by atoms with Crippen molar-refractivity contribution in [2.75, 3.05) is 19.0 Å². The second-order valence-electron chi connectivity index (χ2n) is 5.57. The smallest absolute Gasteiger partial charge is 0.335 e. The van der Waals surface area contributed by atoms with Crippen LogP contribution in [0.3, 0.4) is 0 Å². The van der Waals surface area contributed by atoms with E-state index in [1.54, 1.807) is 19.2 Å². The van der Waals surface area contributed by atoms with Gasteiger partial charge in [0, 0.05) is 12.8 Å². The average Bonchev–Trinajstić information content (AvgIpc) is 2.27. The molecule has 1 heterocycles. The normalized spacial score (nSPS) is 11.7. The fourth-order valence-electron chi connectivity index (χ4n) is 1.78. The number of rotatable bonds is 6. The third-order valence-electron chi connectivity index (χ3n) is 2.66. The number of hydrogen-bond donors (Lipinski definition) is 2. The van der Waals surface area contributed by atoms with Crippen LogP contribution in [-0.2, 0) is 4.74 Å². The van der Waals surface area contributed by atoms with Gasteiger partial charge in [-0.3, -0.25) is 0 Å². The molecule has 1 rings (SSSR count). The van der Waals surface area contributed by atoms with Gasteiger partial charge in [0.05, 0.1) is 17.7 Å². The summed E-state index contributed by atoms with van der Waals surface area (Å²) < 4.78 is 5.13. The molecular weight excluding hydrogens is 244 g/mol. The van der Waals surface area contributed by atoms with E-state index in [1.807, 2.05) is 27.7 Å². The molecule has 0 atom stereocenters. The molecule has 0 aliphatic heterocycles. The van der Waals surface area contributed by atoms with Gasteiger partial charge in [-0.05, 0) is 31.9 Å². The maximum absolute atomic E-state index is 11.1. The van der Waals surface area contributed by atoms with Crippen molar-refractivity contribution < 1.29 is 14.6 Å². The standard InChI is InChI=1S/C14H22N2O3/c1-9(2)11-6-10(13(17)18)7-12(15-11)16-14(3,4)8-19-5/h6-7,9H,8H2,1-5H3,(H,15,16)(H,17,18). The molecule has 0 bridgehead atoms. The Labute approximate surface area is 114 Å². The molecule has 0 aromatic carbocycles. The van der Waals surface area contributed by atoms with Gasteiger partial charge in [-0.1, -0.05) is 13.8 Å². The molecule has 0 aliphatic carbocycles. The molecule has 0 saturated heterocycles. The summed E-state index contributed by atoms with van der Waals surface area (Å²) in [4.78, 5) is 15.6.